The molecule has 17 heavy (non-hydrogen) atoms. The number of esters is 1. The summed E-state index contributed by atoms with van der Waals surface area (Å²) in [5.41, 5.74) is 0. The third-order valence-corrected chi connectivity index (χ3v) is 3.34. The standard InChI is InChI=1S/C14H25NO2/c1-3-11-15(12-14(16)17-4-2)13-9-7-5-6-8-10-13/h3,13H,1,4-12H2,2H3. The number of ether oxygens (including phenoxy) is 1. The fourth-order valence-corrected chi connectivity index (χ4v) is 2.50. The Morgan fingerprint density at radius 3 is 2.53 bits per heavy atom. The topological polar surface area (TPSA) is 29.5 Å². The summed E-state index contributed by atoms with van der Waals surface area (Å²) >= 11 is 0. The minimum Gasteiger partial charge on any atom is -0.465 e. The second-order valence-corrected chi connectivity index (χ2v) is 4.67. The Kier molecular flexibility index (Phi) is 6.94. The van der Waals surface area contributed by atoms with Gasteiger partial charge in [-0.2, -0.15) is 0 Å². The molecule has 0 amide bonds. The molecule has 1 aliphatic carbocycles. The van der Waals surface area contributed by atoms with Gasteiger partial charge in [0.1, 0.15) is 0 Å². The van der Waals surface area contributed by atoms with Gasteiger partial charge in [-0.3, -0.25) is 9.69 Å². The molecule has 0 radical (unpaired) electrons. The molecule has 1 fully saturated rings. The van der Waals surface area contributed by atoms with Gasteiger partial charge in [0, 0.05) is 12.6 Å². The molecule has 98 valence electrons. The average molecular weight is 239 g/mol. The van der Waals surface area contributed by atoms with Gasteiger partial charge in [-0.25, -0.2) is 0 Å². The molecule has 0 aromatic carbocycles. The SMILES string of the molecule is C=CCN(CC(=O)OCC)C1CCCCCC1. The summed E-state index contributed by atoms with van der Waals surface area (Å²) in [5.74, 6) is -0.112. The van der Waals surface area contributed by atoms with Crippen LogP contribution in [0.2, 0.25) is 0 Å². The first kappa shape index (κ1) is 14.2. The first-order valence-electron chi connectivity index (χ1n) is 6.78. The van der Waals surface area contributed by atoms with Crippen molar-refractivity contribution in [2.75, 3.05) is 19.7 Å². The molecular weight excluding hydrogens is 214 g/mol. The smallest absolute Gasteiger partial charge is 0.320 e. The van der Waals surface area contributed by atoms with Crippen LogP contribution in [0.15, 0.2) is 12.7 Å². The van der Waals surface area contributed by atoms with E-state index in [1.165, 1.54) is 38.5 Å². The second kappa shape index (κ2) is 8.29. The summed E-state index contributed by atoms with van der Waals surface area (Å²) in [7, 11) is 0. The normalized spacial score (nSPS) is 17.8. The van der Waals surface area contributed by atoms with E-state index >= 15 is 0 Å². The van der Waals surface area contributed by atoms with Crippen molar-refractivity contribution in [1.82, 2.24) is 4.90 Å². The van der Waals surface area contributed by atoms with E-state index in [9.17, 15) is 4.79 Å². The Labute approximate surface area is 105 Å². The maximum Gasteiger partial charge on any atom is 0.320 e. The van der Waals surface area contributed by atoms with E-state index in [4.69, 9.17) is 4.74 Å². The van der Waals surface area contributed by atoms with E-state index in [1.54, 1.807) is 0 Å². The number of carbonyl (C=O) groups excluding carboxylic acids is 1. The molecule has 1 aliphatic rings. The lowest BCUT2D eigenvalue weighted by Crippen LogP contribution is -2.39. The van der Waals surface area contributed by atoms with Gasteiger partial charge in [0.15, 0.2) is 0 Å². The molecule has 0 aromatic heterocycles. The molecule has 0 heterocycles. The number of hydrogen-bond donors (Lipinski definition) is 0. The highest BCUT2D eigenvalue weighted by molar-refractivity contribution is 5.71. The van der Waals surface area contributed by atoms with Crippen LogP contribution in [-0.2, 0) is 9.53 Å². The van der Waals surface area contributed by atoms with E-state index in [0.29, 0.717) is 19.2 Å². The van der Waals surface area contributed by atoms with E-state index in [-0.39, 0.29) is 5.97 Å². The predicted octanol–water partition coefficient (Wildman–Crippen LogP) is 2.76. The highest BCUT2D eigenvalue weighted by Gasteiger charge is 2.21. The molecule has 1 rings (SSSR count). The first-order valence-corrected chi connectivity index (χ1v) is 6.78. The molecule has 0 bridgehead atoms. The van der Waals surface area contributed by atoms with E-state index in [2.05, 4.69) is 11.5 Å². The van der Waals surface area contributed by atoms with Gasteiger partial charge in [-0.15, -0.1) is 6.58 Å². The van der Waals surface area contributed by atoms with Crippen molar-refractivity contribution in [2.24, 2.45) is 0 Å². The summed E-state index contributed by atoms with van der Waals surface area (Å²) in [4.78, 5) is 13.8. The van der Waals surface area contributed by atoms with Crippen LogP contribution in [0, 0.1) is 0 Å². The lowest BCUT2D eigenvalue weighted by Gasteiger charge is -2.29. The van der Waals surface area contributed by atoms with Crippen molar-refractivity contribution in [3.8, 4) is 0 Å². The quantitative estimate of drug-likeness (QED) is 0.405. The van der Waals surface area contributed by atoms with Gasteiger partial charge in [-0.1, -0.05) is 31.8 Å². The highest BCUT2D eigenvalue weighted by Crippen LogP contribution is 2.21. The number of hydrogen-bond acceptors (Lipinski definition) is 3. The van der Waals surface area contributed by atoms with E-state index < -0.39 is 0 Å². The molecule has 3 heteroatoms. The first-order chi connectivity index (χ1) is 8.27. The Morgan fingerprint density at radius 1 is 1.35 bits per heavy atom. The molecule has 0 spiro atoms. The van der Waals surface area contributed by atoms with Crippen LogP contribution in [-0.4, -0.2) is 36.6 Å². The van der Waals surface area contributed by atoms with Gasteiger partial charge in [0.25, 0.3) is 0 Å². The van der Waals surface area contributed by atoms with Crippen LogP contribution in [0.1, 0.15) is 45.4 Å². The minimum atomic E-state index is -0.112. The summed E-state index contributed by atoms with van der Waals surface area (Å²) in [5, 5.41) is 0. The summed E-state index contributed by atoms with van der Waals surface area (Å²) in [6.07, 6.45) is 9.50. The minimum absolute atomic E-state index is 0.112. The lowest BCUT2D eigenvalue weighted by molar-refractivity contribution is -0.144. The molecule has 0 aromatic rings. The van der Waals surface area contributed by atoms with Crippen LogP contribution in [0.4, 0.5) is 0 Å². The van der Waals surface area contributed by atoms with Crippen molar-refractivity contribution in [2.45, 2.75) is 51.5 Å². The number of carbonyl (C=O) groups is 1. The highest BCUT2D eigenvalue weighted by atomic mass is 16.5. The van der Waals surface area contributed by atoms with Crippen LogP contribution in [0.25, 0.3) is 0 Å². The lowest BCUT2D eigenvalue weighted by atomic mass is 10.1. The van der Waals surface area contributed by atoms with Crippen molar-refractivity contribution in [1.29, 1.82) is 0 Å². The molecular formula is C14H25NO2. The van der Waals surface area contributed by atoms with Gasteiger partial charge >= 0.3 is 5.97 Å². The summed E-state index contributed by atoms with van der Waals surface area (Å²) < 4.78 is 5.03. The van der Waals surface area contributed by atoms with Gasteiger partial charge in [-0.05, 0) is 19.8 Å². The van der Waals surface area contributed by atoms with Crippen LogP contribution in [0.5, 0.6) is 0 Å². The van der Waals surface area contributed by atoms with E-state index in [1.807, 2.05) is 13.0 Å². The number of rotatable bonds is 6. The van der Waals surface area contributed by atoms with Gasteiger partial charge in [0.05, 0.1) is 13.2 Å². The predicted molar refractivity (Wildman–Crippen MR) is 69.9 cm³/mol. The molecule has 0 N–H and O–H groups in total. The third-order valence-electron chi connectivity index (χ3n) is 3.34. The van der Waals surface area contributed by atoms with Crippen molar-refractivity contribution in [3.63, 3.8) is 0 Å². The zero-order chi connectivity index (χ0) is 12.5. The molecule has 0 atom stereocenters. The average Bonchev–Trinajstić information content (AvgIpc) is 2.57. The van der Waals surface area contributed by atoms with Crippen LogP contribution < -0.4 is 0 Å². The van der Waals surface area contributed by atoms with Crippen molar-refractivity contribution < 1.29 is 9.53 Å². The van der Waals surface area contributed by atoms with Crippen molar-refractivity contribution >= 4 is 5.97 Å². The molecule has 3 nitrogen and oxygen atoms in total. The second-order valence-electron chi connectivity index (χ2n) is 4.67. The zero-order valence-electron chi connectivity index (χ0n) is 11.0. The zero-order valence-corrected chi connectivity index (χ0v) is 11.0. The van der Waals surface area contributed by atoms with Crippen LogP contribution >= 0.6 is 0 Å². The Balaban J connectivity index is 2.49. The van der Waals surface area contributed by atoms with Gasteiger partial charge in [0.2, 0.25) is 0 Å². The third kappa shape index (κ3) is 5.35. The van der Waals surface area contributed by atoms with Crippen molar-refractivity contribution in [3.05, 3.63) is 12.7 Å². The Morgan fingerprint density at radius 2 is 2.00 bits per heavy atom. The molecule has 0 unspecified atom stereocenters. The Hall–Kier alpha value is -0.830. The molecule has 0 saturated heterocycles. The monoisotopic (exact) mass is 239 g/mol. The maximum atomic E-state index is 11.6. The Bertz CT molecular complexity index is 232. The van der Waals surface area contributed by atoms with Crippen LogP contribution in [0.3, 0.4) is 0 Å². The van der Waals surface area contributed by atoms with E-state index in [0.717, 1.165) is 6.54 Å². The molecule has 0 aliphatic heterocycles. The maximum absolute atomic E-state index is 11.6. The fraction of sp³-hybridized carbons (Fsp3) is 0.786. The summed E-state index contributed by atoms with van der Waals surface area (Å²) in [6, 6.07) is 0.528. The van der Waals surface area contributed by atoms with Gasteiger partial charge < -0.3 is 4.74 Å². The summed E-state index contributed by atoms with van der Waals surface area (Å²) in [6.45, 7) is 7.28. The molecule has 1 saturated carbocycles. The fourth-order valence-electron chi connectivity index (χ4n) is 2.50. The number of nitrogens with zero attached hydrogens (tertiary/aromatic N) is 1. The largest absolute Gasteiger partial charge is 0.465 e.